The van der Waals surface area contributed by atoms with E-state index in [1.54, 1.807) is 3.58 Å². The van der Waals surface area contributed by atoms with E-state index >= 15 is 0 Å². The maximum absolute atomic E-state index is 2.24. The van der Waals surface area contributed by atoms with Gasteiger partial charge in [-0.05, 0) is 0 Å². The predicted octanol–water partition coefficient (Wildman–Crippen LogP) is 2.72. The van der Waals surface area contributed by atoms with Crippen LogP contribution in [-0.4, -0.2) is 19.8 Å². The van der Waals surface area contributed by atoms with Crippen LogP contribution in [0.25, 0.3) is 0 Å². The van der Waals surface area contributed by atoms with Crippen LogP contribution in [0.2, 0.25) is 0 Å². The minimum atomic E-state index is -0.471. The molecule has 2 rings (SSSR count). The molecule has 2 heteroatoms. The van der Waals surface area contributed by atoms with Gasteiger partial charge in [0.2, 0.25) is 0 Å². The van der Waals surface area contributed by atoms with Crippen LogP contribution in [0.3, 0.4) is 0 Å². The molecule has 0 fully saturated rings. The van der Waals surface area contributed by atoms with Crippen LogP contribution in [0.15, 0.2) is 65.6 Å². The van der Waals surface area contributed by atoms with E-state index in [2.05, 4.69) is 60.7 Å². The van der Waals surface area contributed by atoms with E-state index in [-0.39, 0.29) is 0 Å². The Labute approximate surface area is 97.4 Å². The van der Waals surface area contributed by atoms with Crippen molar-refractivity contribution >= 4 is 32.3 Å². The number of rotatable bonds is 3. The summed E-state index contributed by atoms with van der Waals surface area (Å²) in [6, 6.07) is 21.5. The van der Waals surface area contributed by atoms with Gasteiger partial charge in [-0.25, -0.2) is 0 Å². The molecule has 0 unspecified atom stereocenters. The molecule has 0 atom stereocenters. The van der Waals surface area contributed by atoms with Gasteiger partial charge in [0.1, 0.15) is 0 Å². The first-order chi connectivity index (χ1) is 6.95. The first-order valence-electron chi connectivity index (χ1n) is 4.48. The van der Waals surface area contributed by atoms with Gasteiger partial charge in [0.05, 0.1) is 0 Å². The monoisotopic (exact) mass is 306 g/mol. The molecule has 0 amide bonds. The number of hydrogen-bond acceptors (Lipinski definition) is 1. The van der Waals surface area contributed by atoms with Crippen molar-refractivity contribution in [2.45, 2.75) is 4.90 Å². The van der Waals surface area contributed by atoms with E-state index < -0.39 is 19.8 Å². The zero-order valence-electron chi connectivity index (χ0n) is 7.68. The topological polar surface area (TPSA) is 0 Å². The van der Waals surface area contributed by atoms with Crippen LogP contribution >= 0.6 is 8.95 Å². The van der Waals surface area contributed by atoms with Crippen molar-refractivity contribution < 1.29 is 0 Å². The average molecular weight is 305 g/mol. The molecule has 0 aliphatic rings. The Hall–Kier alpha value is -0.411. The summed E-state index contributed by atoms with van der Waals surface area (Å²) >= 11 is -0.471. The molecule has 0 aliphatic carbocycles. The third-order valence-corrected chi connectivity index (χ3v) is 8.51. The second-order valence-corrected chi connectivity index (χ2v) is 8.91. The normalized spacial score (nSPS) is 10.0. The zero-order chi connectivity index (χ0) is 9.64. The molecule has 0 spiro atoms. The Morgan fingerprint density at radius 1 is 0.714 bits per heavy atom. The summed E-state index contributed by atoms with van der Waals surface area (Å²) < 4.78 is 1.55. The van der Waals surface area contributed by atoms with Crippen LogP contribution < -0.4 is 3.58 Å². The van der Waals surface area contributed by atoms with Gasteiger partial charge in [-0.15, -0.1) is 0 Å². The Balaban J connectivity index is 1.96. The molecule has 14 heavy (non-hydrogen) atoms. The third kappa shape index (κ3) is 3.07. The molecule has 2 aromatic rings. The fourth-order valence-corrected chi connectivity index (χ4v) is 6.68. The first-order valence-corrected chi connectivity index (χ1v) is 10.2. The zero-order valence-corrected chi connectivity index (χ0v) is 11.4. The van der Waals surface area contributed by atoms with Gasteiger partial charge >= 0.3 is 97.8 Å². The Kier molecular flexibility index (Phi) is 3.95. The van der Waals surface area contributed by atoms with Gasteiger partial charge in [-0.3, -0.25) is 0 Å². The van der Waals surface area contributed by atoms with E-state index in [0.29, 0.717) is 0 Å². The molecule has 0 aliphatic heterocycles. The van der Waals surface area contributed by atoms with Gasteiger partial charge in [0, 0.05) is 0 Å². The maximum atomic E-state index is 2.24. The van der Waals surface area contributed by atoms with Crippen molar-refractivity contribution in [2.75, 3.05) is 0 Å². The first kappa shape index (κ1) is 10.1. The SMILES string of the molecule is c1ccc([S][Sn][c]2ccccc2)cc1. The second-order valence-electron chi connectivity index (χ2n) is 2.88. The molecule has 0 bridgehead atoms. The summed E-state index contributed by atoms with van der Waals surface area (Å²) in [7, 11) is 2.04. The summed E-state index contributed by atoms with van der Waals surface area (Å²) in [6.07, 6.45) is 0. The molecule has 0 nitrogen and oxygen atoms in total. The average Bonchev–Trinajstić information content (AvgIpc) is 2.29. The molecule has 68 valence electrons. The summed E-state index contributed by atoms with van der Waals surface area (Å²) in [4.78, 5) is 1.41. The molecule has 2 radical (unpaired) electrons. The van der Waals surface area contributed by atoms with Gasteiger partial charge in [0.15, 0.2) is 0 Å². The van der Waals surface area contributed by atoms with Crippen molar-refractivity contribution in [1.82, 2.24) is 0 Å². The van der Waals surface area contributed by atoms with E-state index in [1.165, 1.54) is 4.90 Å². The van der Waals surface area contributed by atoms with Gasteiger partial charge < -0.3 is 0 Å². The quantitative estimate of drug-likeness (QED) is 0.786. The van der Waals surface area contributed by atoms with E-state index in [0.717, 1.165) is 0 Å². The molecule has 0 heterocycles. The number of benzene rings is 2. The standard InChI is InChI=1S/C6H6S.C6H5.Sn/c7-6-4-2-1-3-5-6;1-2-4-6-5-3-1;/h1-5,7H;1-5H;/q;;+1/p-1. The van der Waals surface area contributed by atoms with E-state index in [4.69, 9.17) is 0 Å². The van der Waals surface area contributed by atoms with Gasteiger partial charge in [0.25, 0.3) is 0 Å². The molecule has 2 aromatic carbocycles. The Morgan fingerprint density at radius 2 is 1.29 bits per heavy atom. The van der Waals surface area contributed by atoms with Crippen molar-refractivity contribution in [3.05, 3.63) is 60.7 Å². The van der Waals surface area contributed by atoms with Crippen LogP contribution in [0, 0.1) is 0 Å². The minimum absolute atomic E-state index is 0.471. The van der Waals surface area contributed by atoms with Crippen molar-refractivity contribution in [2.24, 2.45) is 0 Å². The molecule has 0 aromatic heterocycles. The van der Waals surface area contributed by atoms with Crippen molar-refractivity contribution in [3.63, 3.8) is 0 Å². The third-order valence-electron chi connectivity index (χ3n) is 1.80. The fourth-order valence-electron chi connectivity index (χ4n) is 1.11. The Morgan fingerprint density at radius 3 is 1.93 bits per heavy atom. The second kappa shape index (κ2) is 5.46. The molecule has 0 N–H and O–H groups in total. The van der Waals surface area contributed by atoms with Gasteiger partial charge in [-0.2, -0.15) is 0 Å². The summed E-state index contributed by atoms with van der Waals surface area (Å²) in [5.74, 6) is 0. The van der Waals surface area contributed by atoms with Crippen LogP contribution in [0.1, 0.15) is 0 Å². The molecule has 0 saturated heterocycles. The van der Waals surface area contributed by atoms with Crippen molar-refractivity contribution in [3.8, 4) is 0 Å². The summed E-state index contributed by atoms with van der Waals surface area (Å²) in [5.41, 5.74) is 0. The van der Waals surface area contributed by atoms with Gasteiger partial charge in [-0.1, -0.05) is 0 Å². The number of hydrogen-bond donors (Lipinski definition) is 0. The Bertz CT molecular complexity index is 333. The molecular weight excluding hydrogens is 295 g/mol. The summed E-state index contributed by atoms with van der Waals surface area (Å²) in [5, 5.41) is 0. The predicted molar refractivity (Wildman–Crippen MR) is 64.1 cm³/mol. The van der Waals surface area contributed by atoms with Crippen LogP contribution in [-0.2, 0) is 0 Å². The molecular formula is C12H10SSn. The fraction of sp³-hybridized carbons (Fsp3) is 0. The summed E-state index contributed by atoms with van der Waals surface area (Å²) in [6.45, 7) is 0. The van der Waals surface area contributed by atoms with Crippen LogP contribution in [0.4, 0.5) is 0 Å². The molecule has 0 saturated carbocycles. The van der Waals surface area contributed by atoms with Crippen LogP contribution in [0.5, 0.6) is 0 Å². The van der Waals surface area contributed by atoms with E-state index in [1.807, 2.05) is 8.95 Å². The van der Waals surface area contributed by atoms with E-state index in [9.17, 15) is 0 Å². The van der Waals surface area contributed by atoms with Crippen molar-refractivity contribution in [1.29, 1.82) is 0 Å².